The normalized spacial score (nSPS) is 27.5. The molecule has 0 aliphatic carbocycles. The number of hydrogen-bond donors (Lipinski definition) is 1. The molecule has 2 aliphatic heterocycles. The molecule has 2 saturated heterocycles. The molecule has 0 bridgehead atoms. The van der Waals surface area contributed by atoms with Crippen molar-refractivity contribution in [2.45, 2.75) is 60.1 Å². The fraction of sp³-hybridized carbons (Fsp3) is 0.571. The molecule has 1 aromatic rings. The van der Waals surface area contributed by atoms with E-state index in [1.54, 1.807) is 6.92 Å². The van der Waals surface area contributed by atoms with Gasteiger partial charge in [-0.15, -0.1) is 11.8 Å². The number of esters is 1. The van der Waals surface area contributed by atoms with Crippen molar-refractivity contribution >= 4 is 64.3 Å². The molecule has 1 N–H and O–H groups in total. The van der Waals surface area contributed by atoms with Crippen LogP contribution in [0, 0.1) is 0 Å². The van der Waals surface area contributed by atoms with Gasteiger partial charge in [-0.3, -0.25) is 9.59 Å². The molecule has 4 atom stereocenters. The van der Waals surface area contributed by atoms with Crippen LogP contribution < -0.4 is 5.32 Å². The van der Waals surface area contributed by atoms with Gasteiger partial charge in [-0.25, -0.2) is 4.79 Å². The number of halogens is 3. The number of hydrogen-bond acceptors (Lipinski definition) is 6. The second kappa shape index (κ2) is 9.97. The first kappa shape index (κ1) is 25.4. The van der Waals surface area contributed by atoms with E-state index in [0.29, 0.717) is 5.75 Å². The summed E-state index contributed by atoms with van der Waals surface area (Å²) in [7, 11) is 0. The summed E-state index contributed by atoms with van der Waals surface area (Å²) in [6.07, 6.45) is -0.0383. The highest BCUT2D eigenvalue weighted by Gasteiger charge is 2.62. The largest absolute Gasteiger partial charge is 0.460 e. The van der Waals surface area contributed by atoms with Gasteiger partial charge < -0.3 is 19.7 Å². The summed E-state index contributed by atoms with van der Waals surface area (Å²) in [5.41, 5.74) is -0.162. The number of carbonyl (C=O) groups excluding carboxylic acids is 3. The summed E-state index contributed by atoms with van der Waals surface area (Å²) in [6.45, 7) is 4.99. The van der Waals surface area contributed by atoms with Gasteiger partial charge in [0.2, 0.25) is 15.6 Å². The summed E-state index contributed by atoms with van der Waals surface area (Å²) >= 11 is 18.6. The average Bonchev–Trinajstić information content (AvgIpc) is 2.69. The fourth-order valence-electron chi connectivity index (χ4n) is 3.93. The molecule has 0 aromatic heterocycles. The van der Waals surface area contributed by atoms with Gasteiger partial charge in [0.05, 0.1) is 12.5 Å². The Hall–Kier alpha value is -1.19. The molecule has 0 saturated carbocycles. The third kappa shape index (κ3) is 5.83. The Kier molecular flexibility index (Phi) is 7.93. The number of benzene rings is 1. The molecule has 2 amide bonds. The van der Waals surface area contributed by atoms with E-state index in [1.807, 2.05) is 44.2 Å². The molecule has 32 heavy (non-hydrogen) atoms. The minimum atomic E-state index is -1.78. The van der Waals surface area contributed by atoms with Crippen molar-refractivity contribution < 1.29 is 23.9 Å². The third-order valence-electron chi connectivity index (χ3n) is 5.11. The summed E-state index contributed by atoms with van der Waals surface area (Å²) in [6, 6.07) is 7.48. The molecule has 3 unspecified atom stereocenters. The number of carbonyl (C=O) groups is 3. The van der Waals surface area contributed by atoms with Crippen LogP contribution in [0.4, 0.5) is 0 Å². The predicted octanol–water partition coefficient (Wildman–Crippen LogP) is 3.09. The summed E-state index contributed by atoms with van der Waals surface area (Å²) < 4.78 is 9.48. The number of amides is 2. The topological polar surface area (TPSA) is 84.9 Å². The molecule has 0 spiro atoms. The highest BCUT2D eigenvalue weighted by molar-refractivity contribution is 8.00. The van der Waals surface area contributed by atoms with Crippen LogP contribution in [0.2, 0.25) is 0 Å². The van der Waals surface area contributed by atoms with Crippen molar-refractivity contribution in [3.05, 3.63) is 35.9 Å². The first-order chi connectivity index (χ1) is 14.9. The Morgan fingerprint density at radius 3 is 2.53 bits per heavy atom. The SMILES string of the molecule is CC(C)OC1(C)CS[C@H]2C(NC(=O)Cc3ccccc3)C(=O)N2C1C(=O)OCC(Cl)(Cl)Cl. The van der Waals surface area contributed by atoms with Gasteiger partial charge >= 0.3 is 5.97 Å². The van der Waals surface area contributed by atoms with Crippen LogP contribution in [-0.4, -0.2) is 68.0 Å². The Morgan fingerprint density at radius 1 is 1.28 bits per heavy atom. The first-order valence-corrected chi connectivity index (χ1v) is 12.3. The molecule has 176 valence electrons. The Balaban J connectivity index is 1.74. The molecular weight excluding hydrogens is 499 g/mol. The number of ether oxygens (including phenoxy) is 2. The molecule has 0 radical (unpaired) electrons. The quantitative estimate of drug-likeness (QED) is 0.336. The minimum Gasteiger partial charge on any atom is -0.460 e. The number of alkyl halides is 3. The van der Waals surface area contributed by atoms with E-state index in [0.717, 1.165) is 5.56 Å². The lowest BCUT2D eigenvalue weighted by Crippen LogP contribution is -2.79. The molecule has 7 nitrogen and oxygen atoms in total. The number of β-lactam (4-membered cyclic amide) rings is 1. The van der Waals surface area contributed by atoms with Crippen LogP contribution in [0.25, 0.3) is 0 Å². The van der Waals surface area contributed by atoms with Crippen molar-refractivity contribution in [3.8, 4) is 0 Å². The monoisotopic (exact) mass is 522 g/mol. The van der Waals surface area contributed by atoms with Crippen molar-refractivity contribution in [1.82, 2.24) is 10.2 Å². The Morgan fingerprint density at radius 2 is 1.94 bits per heavy atom. The van der Waals surface area contributed by atoms with Crippen LogP contribution in [0.15, 0.2) is 30.3 Å². The van der Waals surface area contributed by atoms with E-state index in [1.165, 1.54) is 16.7 Å². The second-order valence-corrected chi connectivity index (χ2v) is 11.9. The highest BCUT2D eigenvalue weighted by atomic mass is 35.6. The van der Waals surface area contributed by atoms with Crippen molar-refractivity contribution in [2.75, 3.05) is 12.4 Å². The minimum absolute atomic E-state index is 0.158. The maximum absolute atomic E-state index is 13.0. The number of nitrogens with one attached hydrogen (secondary N) is 1. The van der Waals surface area contributed by atoms with Crippen molar-refractivity contribution in [2.24, 2.45) is 0 Å². The van der Waals surface area contributed by atoms with E-state index in [2.05, 4.69) is 5.32 Å². The molecule has 11 heteroatoms. The maximum Gasteiger partial charge on any atom is 0.332 e. The number of fused-ring (bicyclic) bond motifs is 1. The standard InChI is InChI=1S/C21H25Cl3N2O5S/c1-12(2)31-20(3)11-32-18-15(25-14(27)9-13-7-5-4-6-8-13)17(28)26(18)16(20)19(29)30-10-21(22,23)24/h4-8,12,15-16,18H,9-11H2,1-3H3,(H,25,27)/t15?,16?,18-,20?/m0/s1. The summed E-state index contributed by atoms with van der Waals surface area (Å²) in [5.74, 6) is -0.944. The second-order valence-electron chi connectivity index (χ2n) is 8.26. The summed E-state index contributed by atoms with van der Waals surface area (Å²) in [5, 5.41) is 2.37. The van der Waals surface area contributed by atoms with Gasteiger partial charge in [-0.1, -0.05) is 65.1 Å². The highest BCUT2D eigenvalue weighted by Crippen LogP contribution is 2.44. The molecule has 2 fully saturated rings. The van der Waals surface area contributed by atoms with E-state index in [-0.39, 0.29) is 24.3 Å². The molecule has 2 heterocycles. The summed E-state index contributed by atoms with van der Waals surface area (Å²) in [4.78, 5) is 39.9. The number of thioether (sulfide) groups is 1. The van der Waals surface area contributed by atoms with Gasteiger partial charge in [0.1, 0.15) is 23.6 Å². The lowest BCUT2D eigenvalue weighted by atomic mass is 9.90. The van der Waals surface area contributed by atoms with Crippen LogP contribution >= 0.6 is 46.6 Å². The van der Waals surface area contributed by atoms with Gasteiger partial charge in [-0.05, 0) is 26.3 Å². The Bertz CT molecular complexity index is 867. The van der Waals surface area contributed by atoms with Gasteiger partial charge in [-0.2, -0.15) is 0 Å². The van der Waals surface area contributed by atoms with E-state index >= 15 is 0 Å². The zero-order chi connectivity index (χ0) is 23.7. The van der Waals surface area contributed by atoms with Gasteiger partial charge in [0, 0.05) is 5.75 Å². The lowest BCUT2D eigenvalue weighted by molar-refractivity contribution is -0.186. The molecule has 3 rings (SSSR count). The fourth-order valence-corrected chi connectivity index (χ4v) is 5.59. The van der Waals surface area contributed by atoms with Crippen LogP contribution in [0.1, 0.15) is 26.3 Å². The zero-order valence-electron chi connectivity index (χ0n) is 17.8. The van der Waals surface area contributed by atoms with E-state index in [4.69, 9.17) is 44.3 Å². The van der Waals surface area contributed by atoms with E-state index < -0.39 is 39.4 Å². The predicted molar refractivity (Wildman–Crippen MR) is 125 cm³/mol. The molecule has 2 aliphatic rings. The average molecular weight is 524 g/mol. The van der Waals surface area contributed by atoms with Crippen LogP contribution in [-0.2, 0) is 30.3 Å². The maximum atomic E-state index is 13.0. The lowest BCUT2D eigenvalue weighted by Gasteiger charge is -2.57. The van der Waals surface area contributed by atoms with Crippen LogP contribution in [0.5, 0.6) is 0 Å². The smallest absolute Gasteiger partial charge is 0.332 e. The zero-order valence-corrected chi connectivity index (χ0v) is 20.9. The molecular formula is C21H25Cl3N2O5S. The Labute approximate surface area is 206 Å². The van der Waals surface area contributed by atoms with Crippen molar-refractivity contribution in [1.29, 1.82) is 0 Å². The van der Waals surface area contributed by atoms with Gasteiger partial charge in [0.15, 0.2) is 6.04 Å². The van der Waals surface area contributed by atoms with Crippen molar-refractivity contribution in [3.63, 3.8) is 0 Å². The van der Waals surface area contributed by atoms with Gasteiger partial charge in [0.25, 0.3) is 0 Å². The van der Waals surface area contributed by atoms with E-state index in [9.17, 15) is 14.4 Å². The third-order valence-corrected chi connectivity index (χ3v) is 7.02. The van der Waals surface area contributed by atoms with Crippen LogP contribution in [0.3, 0.4) is 0 Å². The molecule has 1 aromatic carbocycles. The number of rotatable bonds is 7. The first-order valence-electron chi connectivity index (χ1n) is 10.1. The number of nitrogens with zero attached hydrogens (tertiary/aromatic N) is 1.